The first kappa shape index (κ1) is 7.56. The van der Waals surface area contributed by atoms with Gasteiger partial charge < -0.3 is 10.5 Å². The van der Waals surface area contributed by atoms with E-state index in [4.69, 9.17) is 10.5 Å². The standard InChI is InChI=1S/C9H17NO/c1-11-9(6-10)4-2-3-7-5-8(7)9/h7-8H,2-6,10H2,1H3. The summed E-state index contributed by atoms with van der Waals surface area (Å²) in [7, 11) is 1.81. The molecule has 2 heteroatoms. The maximum Gasteiger partial charge on any atom is 0.0831 e. The van der Waals surface area contributed by atoms with Crippen molar-refractivity contribution < 1.29 is 4.74 Å². The fraction of sp³-hybridized carbons (Fsp3) is 1.00. The van der Waals surface area contributed by atoms with Gasteiger partial charge in [0.05, 0.1) is 5.60 Å². The van der Waals surface area contributed by atoms with Gasteiger partial charge in [0.25, 0.3) is 0 Å². The Morgan fingerprint density at radius 3 is 3.00 bits per heavy atom. The van der Waals surface area contributed by atoms with Crippen LogP contribution in [-0.2, 0) is 4.74 Å². The summed E-state index contributed by atoms with van der Waals surface area (Å²) in [6, 6.07) is 0. The van der Waals surface area contributed by atoms with Crippen LogP contribution in [0.4, 0.5) is 0 Å². The highest BCUT2D eigenvalue weighted by atomic mass is 16.5. The second-order valence-corrected chi connectivity index (χ2v) is 3.97. The number of methoxy groups -OCH3 is 1. The van der Waals surface area contributed by atoms with Crippen LogP contribution in [0.2, 0.25) is 0 Å². The van der Waals surface area contributed by atoms with Gasteiger partial charge in [-0.3, -0.25) is 0 Å². The van der Waals surface area contributed by atoms with Crippen molar-refractivity contribution in [3.05, 3.63) is 0 Å². The first-order valence-corrected chi connectivity index (χ1v) is 4.57. The van der Waals surface area contributed by atoms with Crippen molar-refractivity contribution in [1.29, 1.82) is 0 Å². The summed E-state index contributed by atoms with van der Waals surface area (Å²) in [5.41, 5.74) is 5.81. The highest BCUT2D eigenvalue weighted by Gasteiger charge is 2.54. The van der Waals surface area contributed by atoms with E-state index in [0.29, 0.717) is 6.54 Å². The lowest BCUT2D eigenvalue weighted by Crippen LogP contribution is -2.44. The third-order valence-corrected chi connectivity index (χ3v) is 3.53. The molecule has 0 aromatic heterocycles. The molecule has 0 saturated heterocycles. The van der Waals surface area contributed by atoms with E-state index in [9.17, 15) is 0 Å². The van der Waals surface area contributed by atoms with Crippen LogP contribution in [0.25, 0.3) is 0 Å². The molecule has 0 amide bonds. The molecule has 0 aliphatic heterocycles. The molecule has 0 bridgehead atoms. The normalized spacial score (nSPS) is 48.5. The van der Waals surface area contributed by atoms with Crippen LogP contribution in [0, 0.1) is 11.8 Å². The van der Waals surface area contributed by atoms with Crippen LogP contribution >= 0.6 is 0 Å². The molecule has 0 spiro atoms. The molecule has 11 heavy (non-hydrogen) atoms. The topological polar surface area (TPSA) is 35.2 Å². The Morgan fingerprint density at radius 1 is 1.64 bits per heavy atom. The Morgan fingerprint density at radius 2 is 2.45 bits per heavy atom. The number of ether oxygens (including phenoxy) is 1. The van der Waals surface area contributed by atoms with Gasteiger partial charge in [-0.2, -0.15) is 0 Å². The summed E-state index contributed by atoms with van der Waals surface area (Å²) in [5, 5.41) is 0. The molecular formula is C9H17NO. The van der Waals surface area contributed by atoms with Crippen molar-refractivity contribution in [2.24, 2.45) is 17.6 Å². The van der Waals surface area contributed by atoms with Crippen LogP contribution < -0.4 is 5.73 Å². The molecule has 0 aromatic rings. The SMILES string of the molecule is COC1(CN)CCCC2CC21. The Hall–Kier alpha value is -0.0800. The first-order valence-electron chi connectivity index (χ1n) is 4.57. The Labute approximate surface area is 68.1 Å². The Balaban J connectivity index is 2.09. The van der Waals surface area contributed by atoms with Gasteiger partial charge in [0, 0.05) is 13.7 Å². The van der Waals surface area contributed by atoms with E-state index >= 15 is 0 Å². The third kappa shape index (κ3) is 1.00. The van der Waals surface area contributed by atoms with Crippen LogP contribution in [0.1, 0.15) is 25.7 Å². The van der Waals surface area contributed by atoms with Crippen LogP contribution in [0.3, 0.4) is 0 Å². The van der Waals surface area contributed by atoms with Crippen molar-refractivity contribution in [2.75, 3.05) is 13.7 Å². The molecule has 0 radical (unpaired) electrons. The Kier molecular flexibility index (Phi) is 1.69. The van der Waals surface area contributed by atoms with Crippen LogP contribution in [-0.4, -0.2) is 19.3 Å². The maximum absolute atomic E-state index is 5.74. The maximum atomic E-state index is 5.74. The average Bonchev–Trinajstić information content (AvgIpc) is 2.82. The first-order chi connectivity index (χ1) is 5.32. The van der Waals surface area contributed by atoms with Crippen LogP contribution in [0.5, 0.6) is 0 Å². The molecule has 2 fully saturated rings. The van der Waals surface area contributed by atoms with Crippen molar-refractivity contribution in [1.82, 2.24) is 0 Å². The minimum Gasteiger partial charge on any atom is -0.377 e. The van der Waals surface area contributed by atoms with E-state index in [-0.39, 0.29) is 5.60 Å². The van der Waals surface area contributed by atoms with Crippen molar-refractivity contribution in [3.8, 4) is 0 Å². The molecule has 2 aliphatic carbocycles. The zero-order valence-corrected chi connectivity index (χ0v) is 7.18. The molecule has 0 aromatic carbocycles. The smallest absolute Gasteiger partial charge is 0.0831 e. The molecule has 64 valence electrons. The lowest BCUT2D eigenvalue weighted by molar-refractivity contribution is -0.0441. The molecule has 0 heterocycles. The largest absolute Gasteiger partial charge is 0.377 e. The van der Waals surface area contributed by atoms with Gasteiger partial charge in [-0.15, -0.1) is 0 Å². The predicted octanol–water partition coefficient (Wildman–Crippen LogP) is 1.15. The van der Waals surface area contributed by atoms with E-state index < -0.39 is 0 Å². The van der Waals surface area contributed by atoms with Crippen LogP contribution in [0.15, 0.2) is 0 Å². The molecule has 2 aliphatic rings. The minimum atomic E-state index is 0.0723. The van der Waals surface area contributed by atoms with Crippen molar-refractivity contribution in [2.45, 2.75) is 31.3 Å². The van der Waals surface area contributed by atoms with E-state index in [0.717, 1.165) is 11.8 Å². The number of hydrogen-bond acceptors (Lipinski definition) is 2. The summed E-state index contributed by atoms with van der Waals surface area (Å²) < 4.78 is 5.56. The zero-order chi connectivity index (χ0) is 7.90. The second-order valence-electron chi connectivity index (χ2n) is 3.97. The van der Waals surface area contributed by atoms with E-state index in [1.165, 1.54) is 25.7 Å². The number of hydrogen-bond donors (Lipinski definition) is 1. The molecule has 3 unspecified atom stereocenters. The summed E-state index contributed by atoms with van der Waals surface area (Å²) in [5.74, 6) is 1.75. The third-order valence-electron chi connectivity index (χ3n) is 3.53. The molecular weight excluding hydrogens is 138 g/mol. The number of nitrogens with two attached hydrogens (primary N) is 1. The van der Waals surface area contributed by atoms with Gasteiger partial charge >= 0.3 is 0 Å². The van der Waals surface area contributed by atoms with Gasteiger partial charge in [0.15, 0.2) is 0 Å². The fourth-order valence-corrected chi connectivity index (χ4v) is 2.65. The lowest BCUT2D eigenvalue weighted by atomic mass is 9.84. The molecule has 2 saturated carbocycles. The van der Waals surface area contributed by atoms with Gasteiger partial charge in [0.1, 0.15) is 0 Å². The second kappa shape index (κ2) is 2.46. The van der Waals surface area contributed by atoms with Gasteiger partial charge in [0.2, 0.25) is 0 Å². The molecule has 2 rings (SSSR count). The highest BCUT2D eigenvalue weighted by Crippen LogP contribution is 2.55. The number of rotatable bonds is 2. The molecule has 2 N–H and O–H groups in total. The zero-order valence-electron chi connectivity index (χ0n) is 7.18. The van der Waals surface area contributed by atoms with E-state index in [1.807, 2.05) is 7.11 Å². The monoisotopic (exact) mass is 155 g/mol. The summed E-state index contributed by atoms with van der Waals surface area (Å²) in [4.78, 5) is 0. The van der Waals surface area contributed by atoms with Gasteiger partial charge in [-0.25, -0.2) is 0 Å². The van der Waals surface area contributed by atoms with Gasteiger partial charge in [-0.05, 0) is 31.1 Å². The summed E-state index contributed by atoms with van der Waals surface area (Å²) >= 11 is 0. The summed E-state index contributed by atoms with van der Waals surface area (Å²) in [6.07, 6.45) is 5.27. The quantitative estimate of drug-likeness (QED) is 0.649. The highest BCUT2D eigenvalue weighted by molar-refractivity contribution is 5.05. The molecule has 3 atom stereocenters. The van der Waals surface area contributed by atoms with Gasteiger partial charge in [-0.1, -0.05) is 6.42 Å². The van der Waals surface area contributed by atoms with Crippen molar-refractivity contribution >= 4 is 0 Å². The fourth-order valence-electron chi connectivity index (χ4n) is 2.65. The van der Waals surface area contributed by atoms with Crippen molar-refractivity contribution in [3.63, 3.8) is 0 Å². The van der Waals surface area contributed by atoms with E-state index in [2.05, 4.69) is 0 Å². The summed E-state index contributed by atoms with van der Waals surface area (Å²) in [6.45, 7) is 0.713. The predicted molar refractivity (Wildman–Crippen MR) is 44.2 cm³/mol. The molecule has 2 nitrogen and oxygen atoms in total. The lowest BCUT2D eigenvalue weighted by Gasteiger charge is -2.34. The Bertz CT molecular complexity index is 154. The van der Waals surface area contributed by atoms with E-state index in [1.54, 1.807) is 0 Å². The number of fused-ring (bicyclic) bond motifs is 1. The average molecular weight is 155 g/mol. The minimum absolute atomic E-state index is 0.0723.